The lowest BCUT2D eigenvalue weighted by molar-refractivity contribution is -0.158. The molecule has 2 unspecified atom stereocenters. The maximum atomic E-state index is 12.4. The third-order valence-corrected chi connectivity index (χ3v) is 5.30. The lowest BCUT2D eigenvalue weighted by Gasteiger charge is -2.41. The number of ether oxygens (including phenoxy) is 1. The van der Waals surface area contributed by atoms with Gasteiger partial charge in [0.05, 0.1) is 11.8 Å². The number of carboxylic acids is 1. The Morgan fingerprint density at radius 3 is 2.57 bits per heavy atom. The molecule has 23 heavy (non-hydrogen) atoms. The molecule has 0 spiro atoms. The van der Waals surface area contributed by atoms with Crippen LogP contribution in [0.4, 0.5) is 0 Å². The summed E-state index contributed by atoms with van der Waals surface area (Å²) < 4.78 is 5.34. The van der Waals surface area contributed by atoms with Crippen LogP contribution in [0.5, 0.6) is 0 Å². The Kier molecular flexibility index (Phi) is 5.50. The molecule has 0 aromatic carbocycles. The maximum Gasteiger partial charge on any atom is 0.310 e. The van der Waals surface area contributed by atoms with E-state index in [-0.39, 0.29) is 11.4 Å². The predicted molar refractivity (Wildman–Crippen MR) is 88.0 cm³/mol. The van der Waals surface area contributed by atoms with Crippen LogP contribution >= 0.6 is 0 Å². The van der Waals surface area contributed by atoms with E-state index in [0.717, 1.165) is 19.3 Å². The zero-order chi connectivity index (χ0) is 17.2. The first kappa shape index (κ1) is 18.0. The average Bonchev–Trinajstić information content (AvgIpc) is 2.45. The van der Waals surface area contributed by atoms with Crippen molar-refractivity contribution in [2.45, 2.75) is 46.0 Å². The number of carbonyl (C=O) groups excluding carboxylic acids is 1. The molecule has 0 fully saturated rings. The van der Waals surface area contributed by atoms with Crippen LogP contribution in [0.25, 0.3) is 0 Å². The molecule has 0 amide bonds. The second-order valence-electron chi connectivity index (χ2n) is 7.75. The summed E-state index contributed by atoms with van der Waals surface area (Å²) in [6.45, 7) is 5.34. The third-order valence-electron chi connectivity index (χ3n) is 5.30. The van der Waals surface area contributed by atoms with Gasteiger partial charge in [-0.15, -0.1) is 0 Å². The van der Waals surface area contributed by atoms with Crippen molar-refractivity contribution in [1.82, 2.24) is 4.90 Å². The van der Waals surface area contributed by atoms with Gasteiger partial charge in [0, 0.05) is 6.54 Å². The van der Waals surface area contributed by atoms with Gasteiger partial charge in [-0.05, 0) is 51.6 Å². The van der Waals surface area contributed by atoms with Crippen molar-refractivity contribution in [3.63, 3.8) is 0 Å². The van der Waals surface area contributed by atoms with Crippen molar-refractivity contribution < 1.29 is 19.4 Å². The van der Waals surface area contributed by atoms with E-state index in [1.165, 1.54) is 11.1 Å². The Morgan fingerprint density at radius 2 is 1.96 bits per heavy atom. The molecule has 130 valence electrons. The van der Waals surface area contributed by atoms with E-state index in [4.69, 9.17) is 4.74 Å². The normalized spacial score (nSPS) is 26.8. The zero-order valence-corrected chi connectivity index (χ0v) is 14.7. The van der Waals surface area contributed by atoms with Crippen molar-refractivity contribution in [2.75, 3.05) is 27.2 Å². The Labute approximate surface area is 138 Å². The number of hydrogen-bond donors (Lipinski definition) is 1. The highest BCUT2D eigenvalue weighted by molar-refractivity contribution is 5.82. The largest absolute Gasteiger partial charge is 0.481 e. The zero-order valence-electron chi connectivity index (χ0n) is 14.7. The lowest BCUT2D eigenvalue weighted by atomic mass is 9.63. The topological polar surface area (TPSA) is 66.8 Å². The van der Waals surface area contributed by atoms with Crippen molar-refractivity contribution >= 4 is 11.9 Å². The fourth-order valence-electron chi connectivity index (χ4n) is 3.88. The fraction of sp³-hybridized carbons (Fsp3) is 0.778. The van der Waals surface area contributed by atoms with E-state index in [9.17, 15) is 14.7 Å². The molecule has 0 saturated carbocycles. The fourth-order valence-corrected chi connectivity index (χ4v) is 3.88. The highest BCUT2D eigenvalue weighted by Crippen LogP contribution is 2.49. The van der Waals surface area contributed by atoms with Crippen LogP contribution in [-0.2, 0) is 14.3 Å². The molecule has 0 aromatic rings. The van der Waals surface area contributed by atoms with Crippen molar-refractivity contribution in [2.24, 2.45) is 17.3 Å². The molecular formula is C18H29NO4. The van der Waals surface area contributed by atoms with E-state index in [2.05, 4.69) is 13.8 Å². The highest BCUT2D eigenvalue weighted by Gasteiger charge is 2.44. The Hall–Kier alpha value is -1.36. The van der Waals surface area contributed by atoms with Crippen LogP contribution in [0.15, 0.2) is 11.1 Å². The molecule has 5 heteroatoms. The average molecular weight is 323 g/mol. The summed E-state index contributed by atoms with van der Waals surface area (Å²) >= 11 is 0. The van der Waals surface area contributed by atoms with Crippen molar-refractivity contribution in [3.8, 4) is 0 Å². The van der Waals surface area contributed by atoms with Gasteiger partial charge in [-0.2, -0.15) is 0 Å². The van der Waals surface area contributed by atoms with E-state index < -0.39 is 17.8 Å². The van der Waals surface area contributed by atoms with Crippen molar-refractivity contribution in [1.29, 1.82) is 0 Å². The van der Waals surface area contributed by atoms with Gasteiger partial charge in [-0.25, -0.2) is 0 Å². The number of nitrogens with zero attached hydrogens (tertiary/aromatic N) is 1. The van der Waals surface area contributed by atoms with Gasteiger partial charge in [0.25, 0.3) is 0 Å². The molecule has 2 aliphatic rings. The first-order chi connectivity index (χ1) is 10.7. The van der Waals surface area contributed by atoms with E-state index in [1.807, 2.05) is 19.0 Å². The minimum Gasteiger partial charge on any atom is -0.481 e. The van der Waals surface area contributed by atoms with Gasteiger partial charge in [0.15, 0.2) is 0 Å². The molecule has 1 N–H and O–H groups in total. The Balaban J connectivity index is 2.14. The van der Waals surface area contributed by atoms with Gasteiger partial charge in [0.2, 0.25) is 0 Å². The number of esters is 1. The lowest BCUT2D eigenvalue weighted by Crippen LogP contribution is -2.39. The molecule has 0 bridgehead atoms. The van der Waals surface area contributed by atoms with Crippen molar-refractivity contribution in [3.05, 3.63) is 11.1 Å². The third kappa shape index (κ3) is 4.14. The number of hydrogen-bond acceptors (Lipinski definition) is 4. The number of carboxylic acid groups (broad SMARTS) is 1. The number of rotatable bonds is 5. The van der Waals surface area contributed by atoms with E-state index in [0.29, 0.717) is 26.0 Å². The van der Waals surface area contributed by atoms with E-state index in [1.54, 1.807) is 0 Å². The van der Waals surface area contributed by atoms with Crippen LogP contribution in [0.3, 0.4) is 0 Å². The number of aliphatic carboxylic acids is 1. The first-order valence-corrected chi connectivity index (χ1v) is 8.48. The second-order valence-corrected chi connectivity index (χ2v) is 7.75. The van der Waals surface area contributed by atoms with Crippen LogP contribution in [0.1, 0.15) is 46.0 Å². The van der Waals surface area contributed by atoms with Gasteiger partial charge >= 0.3 is 11.9 Å². The number of allylic oxidation sites excluding steroid dienone is 2. The molecule has 0 aliphatic heterocycles. The van der Waals surface area contributed by atoms with Gasteiger partial charge < -0.3 is 14.7 Å². The Morgan fingerprint density at radius 1 is 1.26 bits per heavy atom. The minimum atomic E-state index is -0.882. The standard InChI is InChI=1S/C18H29NO4/c1-18(2)7-5-6-12-10-14(13(16(20)21)11-15(12)18)17(22)23-9-8-19(3)4/h13-14H,5-11H2,1-4H3,(H,20,21). The summed E-state index contributed by atoms with van der Waals surface area (Å²) in [5.41, 5.74) is 2.63. The molecule has 2 aliphatic carbocycles. The summed E-state index contributed by atoms with van der Waals surface area (Å²) in [5, 5.41) is 9.59. The van der Waals surface area contributed by atoms with Gasteiger partial charge in [0.1, 0.15) is 6.61 Å². The predicted octanol–water partition coefficient (Wildman–Crippen LogP) is 2.71. The first-order valence-electron chi connectivity index (χ1n) is 8.48. The summed E-state index contributed by atoms with van der Waals surface area (Å²) in [4.78, 5) is 26.0. The summed E-state index contributed by atoms with van der Waals surface area (Å²) in [7, 11) is 3.82. The van der Waals surface area contributed by atoms with Crippen LogP contribution in [-0.4, -0.2) is 49.2 Å². The summed E-state index contributed by atoms with van der Waals surface area (Å²) in [6.07, 6.45) is 4.25. The van der Waals surface area contributed by atoms with Gasteiger partial charge in [-0.1, -0.05) is 25.0 Å². The molecular weight excluding hydrogens is 294 g/mol. The SMILES string of the molecule is CN(C)CCOC(=O)C1CC2=C(CC1C(=O)O)C(C)(C)CCC2. The van der Waals surface area contributed by atoms with Crippen LogP contribution in [0.2, 0.25) is 0 Å². The van der Waals surface area contributed by atoms with Crippen LogP contribution < -0.4 is 0 Å². The molecule has 0 aromatic heterocycles. The van der Waals surface area contributed by atoms with E-state index >= 15 is 0 Å². The maximum absolute atomic E-state index is 12.4. The quantitative estimate of drug-likeness (QED) is 0.622. The highest BCUT2D eigenvalue weighted by atomic mass is 16.5. The summed E-state index contributed by atoms with van der Waals surface area (Å²) in [6, 6.07) is 0. The second kappa shape index (κ2) is 7.04. The molecule has 5 nitrogen and oxygen atoms in total. The smallest absolute Gasteiger partial charge is 0.310 e. The Bertz CT molecular complexity index is 507. The molecule has 0 heterocycles. The summed E-state index contributed by atoms with van der Waals surface area (Å²) in [5.74, 6) is -2.43. The number of carbonyl (C=O) groups is 2. The molecule has 0 radical (unpaired) electrons. The molecule has 2 atom stereocenters. The number of likely N-dealkylation sites (N-methyl/N-ethyl adjacent to an activating group) is 1. The van der Waals surface area contributed by atoms with Gasteiger partial charge in [-0.3, -0.25) is 9.59 Å². The monoisotopic (exact) mass is 323 g/mol. The minimum absolute atomic E-state index is 0.0566. The van der Waals surface area contributed by atoms with Crippen LogP contribution in [0, 0.1) is 17.3 Å². The molecule has 0 saturated heterocycles. The molecule has 2 rings (SSSR count).